The molecule has 4 N–H and O–H groups in total. The molecule has 1 atom stereocenters. The van der Waals surface area contributed by atoms with E-state index in [-0.39, 0.29) is 0 Å². The molecule has 1 unspecified atom stereocenters. The van der Waals surface area contributed by atoms with Crippen molar-refractivity contribution >= 4 is 5.91 Å². The molecule has 16 heavy (non-hydrogen) atoms. The van der Waals surface area contributed by atoms with Crippen LogP contribution < -0.4 is 11.5 Å². The molecule has 0 spiro atoms. The number of hydrogen-bond acceptors (Lipinski definition) is 3. The molecule has 0 aliphatic heterocycles. The van der Waals surface area contributed by atoms with Crippen molar-refractivity contribution in [3.8, 4) is 0 Å². The number of aryl methyl sites for hydroxylation is 2. The monoisotopic (exact) mass is 224 g/mol. The molecule has 90 valence electrons. The highest BCUT2D eigenvalue weighted by Crippen LogP contribution is 2.10. The van der Waals surface area contributed by atoms with Crippen LogP contribution >= 0.6 is 0 Å². The lowest BCUT2D eigenvalue weighted by molar-refractivity contribution is -0.123. The van der Waals surface area contributed by atoms with Crippen molar-refractivity contribution in [3.05, 3.63) is 17.5 Å². The summed E-state index contributed by atoms with van der Waals surface area (Å²) in [6.45, 7) is 6.04. The first kappa shape index (κ1) is 12.7. The zero-order chi connectivity index (χ0) is 12.3. The lowest BCUT2D eigenvalue weighted by Gasteiger charge is -2.21. The maximum atomic E-state index is 11.2. The minimum absolute atomic E-state index is 0.325. The molecule has 0 saturated heterocycles. The topological polar surface area (TPSA) is 86.9 Å². The molecule has 0 radical (unpaired) electrons. The van der Waals surface area contributed by atoms with Crippen molar-refractivity contribution in [2.75, 3.05) is 0 Å². The van der Waals surface area contributed by atoms with Gasteiger partial charge in [-0.2, -0.15) is 5.10 Å². The lowest BCUT2D eigenvalue weighted by Crippen LogP contribution is -2.52. The summed E-state index contributed by atoms with van der Waals surface area (Å²) in [6, 6.07) is 2.04. The molecule has 1 amide bonds. The van der Waals surface area contributed by atoms with E-state index in [1.165, 1.54) is 0 Å². The molecule has 1 rings (SSSR count). The Morgan fingerprint density at radius 3 is 2.56 bits per heavy atom. The Morgan fingerprint density at radius 2 is 2.12 bits per heavy atom. The molecule has 0 aromatic carbocycles. The normalized spacial score (nSPS) is 14.8. The van der Waals surface area contributed by atoms with Crippen LogP contribution in [0.2, 0.25) is 0 Å². The Hall–Kier alpha value is -1.36. The summed E-state index contributed by atoms with van der Waals surface area (Å²) in [6.07, 6.45) is 1.74. The fraction of sp³-hybridized carbons (Fsp3) is 0.636. The van der Waals surface area contributed by atoms with Gasteiger partial charge in [-0.1, -0.05) is 13.8 Å². The molecule has 1 aromatic rings. The second-order valence-electron chi connectivity index (χ2n) is 4.27. The molecule has 0 aliphatic carbocycles. The van der Waals surface area contributed by atoms with Gasteiger partial charge in [-0.25, -0.2) is 0 Å². The first-order chi connectivity index (χ1) is 7.40. The van der Waals surface area contributed by atoms with E-state index in [1.54, 1.807) is 11.6 Å². The Bertz CT molecular complexity index is 381. The average Bonchev–Trinajstić information content (AvgIpc) is 2.59. The minimum atomic E-state index is -1.05. The molecular formula is C11H20N4O. The van der Waals surface area contributed by atoms with E-state index < -0.39 is 11.4 Å². The van der Waals surface area contributed by atoms with E-state index in [0.717, 1.165) is 24.2 Å². The van der Waals surface area contributed by atoms with Crippen LogP contribution in [0.25, 0.3) is 0 Å². The number of nitrogens with zero attached hydrogens (tertiary/aromatic N) is 2. The van der Waals surface area contributed by atoms with E-state index >= 15 is 0 Å². The highest BCUT2D eigenvalue weighted by atomic mass is 16.1. The van der Waals surface area contributed by atoms with Gasteiger partial charge < -0.3 is 11.5 Å². The fourth-order valence-corrected chi connectivity index (χ4v) is 1.50. The second-order valence-corrected chi connectivity index (χ2v) is 4.27. The maximum absolute atomic E-state index is 11.2. The number of carbonyl (C=O) groups excluding carboxylic acids is 1. The van der Waals surface area contributed by atoms with Crippen molar-refractivity contribution in [3.63, 3.8) is 0 Å². The van der Waals surface area contributed by atoms with E-state index in [4.69, 9.17) is 11.5 Å². The van der Waals surface area contributed by atoms with Gasteiger partial charge in [0.15, 0.2) is 0 Å². The van der Waals surface area contributed by atoms with Crippen molar-refractivity contribution in [1.82, 2.24) is 9.78 Å². The Morgan fingerprint density at radius 1 is 1.50 bits per heavy atom. The third-order valence-electron chi connectivity index (χ3n) is 2.68. The smallest absolute Gasteiger partial charge is 0.239 e. The standard InChI is InChI=1S/C11H20N4O/c1-4-8-6-9(5-2)15(14-8)7-11(3,13)10(12)16/h6H,4-5,7,13H2,1-3H3,(H2,12,16). The number of aromatic nitrogens is 2. The molecule has 5 heteroatoms. The lowest BCUT2D eigenvalue weighted by atomic mass is 10.0. The number of rotatable bonds is 5. The number of primary amides is 1. The van der Waals surface area contributed by atoms with Gasteiger partial charge in [-0.3, -0.25) is 9.48 Å². The molecule has 0 saturated carbocycles. The zero-order valence-corrected chi connectivity index (χ0v) is 10.2. The highest BCUT2D eigenvalue weighted by Gasteiger charge is 2.27. The highest BCUT2D eigenvalue weighted by molar-refractivity contribution is 5.83. The van der Waals surface area contributed by atoms with Crippen LogP contribution in [0.5, 0.6) is 0 Å². The average molecular weight is 224 g/mol. The number of nitrogens with two attached hydrogens (primary N) is 2. The Balaban J connectivity index is 2.95. The molecular weight excluding hydrogens is 204 g/mol. The van der Waals surface area contributed by atoms with E-state index in [9.17, 15) is 4.79 Å². The van der Waals surface area contributed by atoms with Gasteiger partial charge in [-0.15, -0.1) is 0 Å². The number of amides is 1. The third-order valence-corrected chi connectivity index (χ3v) is 2.68. The van der Waals surface area contributed by atoms with Crippen molar-refractivity contribution < 1.29 is 4.79 Å². The summed E-state index contributed by atoms with van der Waals surface area (Å²) in [7, 11) is 0. The minimum Gasteiger partial charge on any atom is -0.368 e. The van der Waals surface area contributed by atoms with E-state index in [0.29, 0.717) is 6.54 Å². The van der Waals surface area contributed by atoms with E-state index in [1.807, 2.05) is 19.9 Å². The fourth-order valence-electron chi connectivity index (χ4n) is 1.50. The van der Waals surface area contributed by atoms with Crippen LogP contribution in [0.4, 0.5) is 0 Å². The van der Waals surface area contributed by atoms with Gasteiger partial charge in [0.25, 0.3) is 0 Å². The summed E-state index contributed by atoms with van der Waals surface area (Å²) in [5, 5.41) is 4.40. The van der Waals surface area contributed by atoms with E-state index in [2.05, 4.69) is 5.10 Å². The molecule has 0 bridgehead atoms. The van der Waals surface area contributed by atoms with Crippen LogP contribution in [0.1, 0.15) is 32.2 Å². The van der Waals surface area contributed by atoms with Crippen LogP contribution in [0.15, 0.2) is 6.07 Å². The van der Waals surface area contributed by atoms with Gasteiger partial charge in [0, 0.05) is 5.69 Å². The summed E-state index contributed by atoms with van der Waals surface area (Å²) < 4.78 is 1.78. The van der Waals surface area contributed by atoms with Gasteiger partial charge >= 0.3 is 0 Å². The largest absolute Gasteiger partial charge is 0.368 e. The van der Waals surface area contributed by atoms with Crippen LogP contribution in [0, 0.1) is 0 Å². The first-order valence-corrected chi connectivity index (χ1v) is 5.55. The predicted octanol–water partition coefficient (Wildman–Crippen LogP) is 0.211. The van der Waals surface area contributed by atoms with Gasteiger partial charge in [0.2, 0.25) is 5.91 Å². The van der Waals surface area contributed by atoms with Gasteiger partial charge in [0.05, 0.1) is 12.2 Å². The molecule has 0 aliphatic rings. The Kier molecular flexibility index (Phi) is 3.70. The summed E-state index contributed by atoms with van der Waals surface area (Å²) in [5.41, 5.74) is 12.1. The van der Waals surface area contributed by atoms with Crippen molar-refractivity contribution in [2.24, 2.45) is 11.5 Å². The van der Waals surface area contributed by atoms with Crippen molar-refractivity contribution in [2.45, 2.75) is 45.7 Å². The predicted molar refractivity (Wildman–Crippen MR) is 62.8 cm³/mol. The molecule has 1 aromatic heterocycles. The van der Waals surface area contributed by atoms with Gasteiger partial charge in [0.1, 0.15) is 5.54 Å². The molecule has 0 fully saturated rings. The zero-order valence-electron chi connectivity index (χ0n) is 10.2. The van der Waals surface area contributed by atoms with Crippen LogP contribution in [-0.2, 0) is 24.2 Å². The number of hydrogen-bond donors (Lipinski definition) is 2. The second kappa shape index (κ2) is 4.65. The van der Waals surface area contributed by atoms with Gasteiger partial charge in [-0.05, 0) is 25.8 Å². The van der Waals surface area contributed by atoms with Crippen molar-refractivity contribution in [1.29, 1.82) is 0 Å². The summed E-state index contributed by atoms with van der Waals surface area (Å²) >= 11 is 0. The summed E-state index contributed by atoms with van der Waals surface area (Å²) in [4.78, 5) is 11.2. The first-order valence-electron chi connectivity index (χ1n) is 5.55. The number of carbonyl (C=O) groups is 1. The molecule has 1 heterocycles. The summed E-state index contributed by atoms with van der Waals surface area (Å²) in [5.74, 6) is -0.511. The maximum Gasteiger partial charge on any atom is 0.239 e. The Labute approximate surface area is 95.8 Å². The molecule has 5 nitrogen and oxygen atoms in total. The quantitative estimate of drug-likeness (QED) is 0.749. The SMILES string of the molecule is CCc1cc(CC)n(CC(C)(N)C(N)=O)n1. The van der Waals surface area contributed by atoms with Crippen LogP contribution in [0.3, 0.4) is 0 Å². The van der Waals surface area contributed by atoms with Crippen LogP contribution in [-0.4, -0.2) is 21.2 Å². The third kappa shape index (κ3) is 2.61.